The zero-order valence-electron chi connectivity index (χ0n) is 11.2. The van der Waals surface area contributed by atoms with E-state index in [1.165, 1.54) is 0 Å². The molecule has 1 aliphatic heterocycles. The zero-order valence-corrected chi connectivity index (χ0v) is 11.2. The zero-order chi connectivity index (χ0) is 13.7. The van der Waals surface area contributed by atoms with Gasteiger partial charge in [-0.05, 0) is 12.0 Å². The molecule has 1 saturated heterocycles. The van der Waals surface area contributed by atoms with Gasteiger partial charge in [0, 0.05) is 25.4 Å². The summed E-state index contributed by atoms with van der Waals surface area (Å²) in [6.45, 7) is 3.38. The van der Waals surface area contributed by atoms with Crippen LogP contribution in [0.5, 0.6) is 0 Å². The number of carbonyl (C=O) groups excluding carboxylic acids is 1. The minimum Gasteiger partial charge on any atom is -0.411 e. The van der Waals surface area contributed by atoms with Gasteiger partial charge in [-0.2, -0.15) is 0 Å². The second-order valence-electron chi connectivity index (χ2n) is 4.95. The smallest absolute Gasteiger partial charge is 0.227 e. The fraction of sp³-hybridized carbons (Fsp3) is 0.467. The van der Waals surface area contributed by atoms with Crippen molar-refractivity contribution in [2.75, 3.05) is 13.1 Å². The highest BCUT2D eigenvalue weighted by Crippen LogP contribution is 2.18. The van der Waals surface area contributed by atoms with Crippen LogP contribution in [-0.4, -0.2) is 34.8 Å². The maximum absolute atomic E-state index is 12.2. The van der Waals surface area contributed by atoms with Crippen LogP contribution in [0.2, 0.25) is 0 Å². The van der Waals surface area contributed by atoms with Crippen molar-refractivity contribution in [3.63, 3.8) is 0 Å². The van der Waals surface area contributed by atoms with E-state index in [1.807, 2.05) is 35.2 Å². The van der Waals surface area contributed by atoms with Gasteiger partial charge in [0.15, 0.2) is 0 Å². The van der Waals surface area contributed by atoms with Crippen molar-refractivity contribution in [3.8, 4) is 0 Å². The van der Waals surface area contributed by atoms with Gasteiger partial charge >= 0.3 is 0 Å². The molecule has 1 atom stereocenters. The predicted molar refractivity (Wildman–Crippen MR) is 74.3 cm³/mol. The largest absolute Gasteiger partial charge is 0.411 e. The quantitative estimate of drug-likeness (QED) is 0.670. The molecule has 1 unspecified atom stereocenters. The molecule has 4 heteroatoms. The summed E-state index contributed by atoms with van der Waals surface area (Å²) in [4.78, 5) is 14.1. The van der Waals surface area contributed by atoms with Crippen LogP contribution in [0.25, 0.3) is 0 Å². The monoisotopic (exact) mass is 260 g/mol. The summed E-state index contributed by atoms with van der Waals surface area (Å²) in [6, 6.07) is 9.79. The molecule has 19 heavy (non-hydrogen) atoms. The minimum absolute atomic E-state index is 0.154. The van der Waals surface area contributed by atoms with Crippen molar-refractivity contribution in [3.05, 3.63) is 35.9 Å². The summed E-state index contributed by atoms with van der Waals surface area (Å²) in [5.41, 5.74) is 1.87. The molecule has 102 valence electrons. The molecule has 4 nitrogen and oxygen atoms in total. The first-order valence-corrected chi connectivity index (χ1v) is 6.77. The fourth-order valence-electron chi connectivity index (χ4n) is 2.52. The average Bonchev–Trinajstić information content (AvgIpc) is 2.47. The van der Waals surface area contributed by atoms with Crippen LogP contribution >= 0.6 is 0 Å². The van der Waals surface area contributed by atoms with Gasteiger partial charge in [0.1, 0.15) is 0 Å². The number of nitrogens with zero attached hydrogens (tertiary/aromatic N) is 2. The van der Waals surface area contributed by atoms with Gasteiger partial charge in [-0.25, -0.2) is 0 Å². The molecule has 1 amide bonds. The lowest BCUT2D eigenvalue weighted by Crippen LogP contribution is -2.44. The Hall–Kier alpha value is -1.84. The Morgan fingerprint density at radius 3 is 2.79 bits per heavy atom. The Morgan fingerprint density at radius 2 is 2.16 bits per heavy atom. The van der Waals surface area contributed by atoms with Crippen LogP contribution < -0.4 is 0 Å². The molecule has 0 saturated carbocycles. The van der Waals surface area contributed by atoms with E-state index < -0.39 is 0 Å². The summed E-state index contributed by atoms with van der Waals surface area (Å²) >= 11 is 0. The highest BCUT2D eigenvalue weighted by Gasteiger charge is 2.27. The third-order valence-corrected chi connectivity index (χ3v) is 3.72. The molecule has 1 aliphatic rings. The van der Waals surface area contributed by atoms with E-state index in [9.17, 15) is 4.79 Å². The molecule has 0 radical (unpaired) electrons. The SMILES string of the molecule is CCC1CN(C(=O)Cc2ccccc2)CC/C1=N\O. The molecule has 0 aromatic heterocycles. The number of rotatable bonds is 3. The molecule has 0 spiro atoms. The van der Waals surface area contributed by atoms with E-state index >= 15 is 0 Å². The second kappa shape index (κ2) is 6.36. The number of likely N-dealkylation sites (tertiary alicyclic amines) is 1. The van der Waals surface area contributed by atoms with E-state index in [4.69, 9.17) is 5.21 Å². The van der Waals surface area contributed by atoms with Gasteiger partial charge in [-0.1, -0.05) is 42.4 Å². The fourth-order valence-corrected chi connectivity index (χ4v) is 2.52. The number of carbonyl (C=O) groups is 1. The van der Waals surface area contributed by atoms with E-state index in [0.717, 1.165) is 17.7 Å². The van der Waals surface area contributed by atoms with E-state index in [2.05, 4.69) is 12.1 Å². The summed E-state index contributed by atoms with van der Waals surface area (Å²) in [7, 11) is 0. The third kappa shape index (κ3) is 3.34. The Balaban J connectivity index is 1.97. The Morgan fingerprint density at radius 1 is 1.42 bits per heavy atom. The van der Waals surface area contributed by atoms with Crippen molar-refractivity contribution in [2.45, 2.75) is 26.2 Å². The lowest BCUT2D eigenvalue weighted by Gasteiger charge is -2.33. The number of benzene rings is 1. The lowest BCUT2D eigenvalue weighted by molar-refractivity contribution is -0.131. The number of oxime groups is 1. The Bertz CT molecular complexity index is 456. The lowest BCUT2D eigenvalue weighted by atomic mass is 9.93. The first-order chi connectivity index (χ1) is 9.24. The van der Waals surface area contributed by atoms with E-state index in [0.29, 0.717) is 25.9 Å². The van der Waals surface area contributed by atoms with Gasteiger partial charge in [-0.3, -0.25) is 4.79 Å². The highest BCUT2D eigenvalue weighted by atomic mass is 16.4. The molecule has 1 fully saturated rings. The normalized spacial score (nSPS) is 21.6. The van der Waals surface area contributed by atoms with Gasteiger partial charge in [0.2, 0.25) is 5.91 Å². The van der Waals surface area contributed by atoms with E-state index in [1.54, 1.807) is 0 Å². The van der Waals surface area contributed by atoms with Crippen molar-refractivity contribution in [1.82, 2.24) is 4.90 Å². The molecular weight excluding hydrogens is 240 g/mol. The van der Waals surface area contributed by atoms with Crippen molar-refractivity contribution >= 4 is 11.6 Å². The molecule has 2 rings (SSSR count). The number of piperidine rings is 1. The van der Waals surface area contributed by atoms with Crippen LogP contribution in [-0.2, 0) is 11.2 Å². The standard InChI is InChI=1S/C15H20N2O2/c1-2-13-11-17(9-8-14(13)16-19)15(18)10-12-6-4-3-5-7-12/h3-7,13,19H,2,8-11H2,1H3/b16-14+. The van der Waals surface area contributed by atoms with E-state index in [-0.39, 0.29) is 11.8 Å². The number of hydrogen-bond acceptors (Lipinski definition) is 3. The number of hydrogen-bond donors (Lipinski definition) is 1. The molecule has 1 heterocycles. The summed E-state index contributed by atoms with van der Waals surface area (Å²) in [5.74, 6) is 0.347. The van der Waals surface area contributed by atoms with Crippen LogP contribution in [0.1, 0.15) is 25.3 Å². The third-order valence-electron chi connectivity index (χ3n) is 3.72. The van der Waals surface area contributed by atoms with Crippen molar-refractivity contribution in [2.24, 2.45) is 11.1 Å². The summed E-state index contributed by atoms with van der Waals surface area (Å²) in [6.07, 6.45) is 2.02. The maximum atomic E-state index is 12.2. The van der Waals surface area contributed by atoms with Crippen LogP contribution in [0.15, 0.2) is 35.5 Å². The van der Waals surface area contributed by atoms with Gasteiger partial charge in [-0.15, -0.1) is 0 Å². The Labute approximate surface area is 113 Å². The second-order valence-corrected chi connectivity index (χ2v) is 4.95. The first-order valence-electron chi connectivity index (χ1n) is 6.77. The van der Waals surface area contributed by atoms with Crippen molar-refractivity contribution in [1.29, 1.82) is 0 Å². The topological polar surface area (TPSA) is 52.9 Å². The molecule has 1 aromatic carbocycles. The van der Waals surface area contributed by atoms with Crippen LogP contribution in [0, 0.1) is 5.92 Å². The summed E-state index contributed by atoms with van der Waals surface area (Å²) < 4.78 is 0. The molecule has 0 aliphatic carbocycles. The van der Waals surface area contributed by atoms with Gasteiger partial charge in [0.25, 0.3) is 0 Å². The first kappa shape index (κ1) is 13.6. The highest BCUT2D eigenvalue weighted by molar-refractivity contribution is 5.89. The number of amides is 1. The summed E-state index contributed by atoms with van der Waals surface area (Å²) in [5, 5.41) is 12.3. The molecule has 0 bridgehead atoms. The average molecular weight is 260 g/mol. The van der Waals surface area contributed by atoms with Crippen LogP contribution in [0.3, 0.4) is 0 Å². The van der Waals surface area contributed by atoms with Gasteiger partial charge < -0.3 is 10.1 Å². The molecule has 1 N–H and O–H groups in total. The molecular formula is C15H20N2O2. The Kier molecular flexibility index (Phi) is 4.55. The van der Waals surface area contributed by atoms with Crippen LogP contribution in [0.4, 0.5) is 0 Å². The minimum atomic E-state index is 0.154. The maximum Gasteiger partial charge on any atom is 0.227 e. The van der Waals surface area contributed by atoms with Crippen molar-refractivity contribution < 1.29 is 10.0 Å². The molecule has 1 aromatic rings. The van der Waals surface area contributed by atoms with Gasteiger partial charge in [0.05, 0.1) is 12.1 Å². The predicted octanol–water partition coefficient (Wildman–Crippen LogP) is 2.32.